The number of rotatable bonds is 3. The van der Waals surface area contributed by atoms with Crippen LogP contribution in [0.5, 0.6) is 0 Å². The number of carbonyl (C=O) groups excluding carboxylic acids is 1. The van der Waals surface area contributed by atoms with Crippen molar-refractivity contribution in [2.45, 2.75) is 39.1 Å². The molecule has 14 heteroatoms. The Hall–Kier alpha value is -5.03. The maximum absolute atomic E-state index is 15.4. The molecule has 1 amide bonds. The first kappa shape index (κ1) is 29.1. The van der Waals surface area contributed by atoms with Crippen LogP contribution >= 0.6 is 0 Å². The van der Waals surface area contributed by atoms with E-state index in [1.54, 1.807) is 49.4 Å². The predicted octanol–water partition coefficient (Wildman–Crippen LogP) is 4.71. The van der Waals surface area contributed by atoms with Gasteiger partial charge in [0, 0.05) is 36.6 Å². The molecular formula is C30H26F4N8O2. The zero-order valence-electron chi connectivity index (χ0n) is 24.1. The van der Waals surface area contributed by atoms with E-state index in [0.29, 0.717) is 58.3 Å². The third kappa shape index (κ3) is 5.19. The van der Waals surface area contributed by atoms with E-state index in [9.17, 15) is 18.0 Å². The standard InChI is InChI=1S/C30H26F4N8O2/c1-17-37-38-28-35-26(24-21(31)8-6-10-23(24)42(17)28)41-13-14-44-16-20-18(7-5-9-22(20)41)11-12-29(2,3)36-27(43)19-15-40(4)39-25(19)30(32,33)34/h5-10,15H,13-14,16H2,1-4H3,(H,36,43). The number of fused-ring (bicyclic) bond motifs is 4. The summed E-state index contributed by atoms with van der Waals surface area (Å²) in [4.78, 5) is 19.4. The quantitative estimate of drug-likeness (QED) is 0.235. The second-order valence-electron chi connectivity index (χ2n) is 10.9. The number of carbonyl (C=O) groups is 1. The number of ether oxygens (including phenoxy) is 1. The van der Waals surface area contributed by atoms with E-state index in [1.165, 1.54) is 13.1 Å². The predicted molar refractivity (Wildman–Crippen MR) is 153 cm³/mol. The Morgan fingerprint density at radius 2 is 1.89 bits per heavy atom. The average Bonchev–Trinajstić information content (AvgIpc) is 3.47. The fourth-order valence-corrected chi connectivity index (χ4v) is 5.21. The molecule has 4 heterocycles. The average molecular weight is 607 g/mol. The number of aryl methyl sites for hydroxylation is 2. The monoisotopic (exact) mass is 606 g/mol. The second kappa shape index (κ2) is 10.6. The van der Waals surface area contributed by atoms with E-state index >= 15 is 4.39 Å². The van der Waals surface area contributed by atoms with Crippen molar-refractivity contribution in [2.24, 2.45) is 7.05 Å². The summed E-state index contributed by atoms with van der Waals surface area (Å²) in [5.41, 5.74) is -0.563. The molecule has 5 aromatic rings. The van der Waals surface area contributed by atoms with Crippen LogP contribution in [0.1, 0.15) is 46.9 Å². The van der Waals surface area contributed by atoms with E-state index in [4.69, 9.17) is 9.72 Å². The van der Waals surface area contributed by atoms with Gasteiger partial charge in [-0.05, 0) is 45.0 Å². The molecule has 1 aliphatic heterocycles. The third-order valence-corrected chi connectivity index (χ3v) is 7.15. The van der Waals surface area contributed by atoms with Crippen LogP contribution < -0.4 is 10.2 Å². The minimum atomic E-state index is -4.79. The summed E-state index contributed by atoms with van der Waals surface area (Å²) in [5.74, 6) is 5.86. The van der Waals surface area contributed by atoms with Crippen LogP contribution in [-0.4, -0.2) is 54.0 Å². The number of alkyl halides is 3. The van der Waals surface area contributed by atoms with Crippen LogP contribution in [0.15, 0.2) is 42.6 Å². The Labute approximate surface area is 248 Å². The Morgan fingerprint density at radius 1 is 1.11 bits per heavy atom. The molecule has 226 valence electrons. The van der Waals surface area contributed by atoms with Gasteiger partial charge in [-0.15, -0.1) is 10.2 Å². The first-order chi connectivity index (χ1) is 20.8. The lowest BCUT2D eigenvalue weighted by atomic mass is 10.0. The van der Waals surface area contributed by atoms with Gasteiger partial charge in [0.2, 0.25) is 0 Å². The van der Waals surface area contributed by atoms with E-state index < -0.39 is 34.7 Å². The SMILES string of the molecule is Cc1nnc2nc(N3CCOCc4c(C#CC(C)(C)NC(=O)c5cn(C)nc5C(F)(F)F)cccc43)c3c(F)cccc3n12. The van der Waals surface area contributed by atoms with E-state index in [0.717, 1.165) is 10.9 Å². The molecular weight excluding hydrogens is 580 g/mol. The largest absolute Gasteiger partial charge is 0.435 e. The molecule has 1 N–H and O–H groups in total. The third-order valence-electron chi connectivity index (χ3n) is 7.15. The fourth-order valence-electron chi connectivity index (χ4n) is 5.21. The maximum atomic E-state index is 15.4. The number of nitrogens with one attached hydrogen (secondary N) is 1. The number of anilines is 2. The fraction of sp³-hybridized carbons (Fsp3) is 0.300. The molecule has 44 heavy (non-hydrogen) atoms. The lowest BCUT2D eigenvalue weighted by Crippen LogP contribution is -2.42. The molecule has 0 saturated carbocycles. The highest BCUT2D eigenvalue weighted by atomic mass is 19.4. The molecule has 6 rings (SSSR count). The van der Waals surface area contributed by atoms with Gasteiger partial charge in [-0.2, -0.15) is 23.3 Å². The van der Waals surface area contributed by atoms with Crippen LogP contribution in [0, 0.1) is 24.6 Å². The van der Waals surface area contributed by atoms with Gasteiger partial charge in [-0.1, -0.05) is 24.0 Å². The summed E-state index contributed by atoms with van der Waals surface area (Å²) >= 11 is 0. The van der Waals surface area contributed by atoms with Gasteiger partial charge >= 0.3 is 6.18 Å². The second-order valence-corrected chi connectivity index (χ2v) is 10.9. The topological polar surface area (TPSA) is 102 Å². The van der Waals surface area contributed by atoms with Crippen LogP contribution in [0.3, 0.4) is 0 Å². The van der Waals surface area contributed by atoms with Gasteiger partial charge in [-0.25, -0.2) is 4.39 Å². The highest BCUT2D eigenvalue weighted by molar-refractivity contribution is 5.96. The number of aromatic nitrogens is 6. The van der Waals surface area contributed by atoms with Crippen molar-refractivity contribution in [3.63, 3.8) is 0 Å². The van der Waals surface area contributed by atoms with Gasteiger partial charge in [0.05, 0.1) is 35.2 Å². The maximum Gasteiger partial charge on any atom is 0.435 e. The zero-order valence-corrected chi connectivity index (χ0v) is 24.1. The Morgan fingerprint density at radius 3 is 2.66 bits per heavy atom. The summed E-state index contributed by atoms with van der Waals surface area (Å²) < 4.78 is 64.2. The van der Waals surface area contributed by atoms with Crippen molar-refractivity contribution in [2.75, 3.05) is 18.1 Å². The molecule has 10 nitrogen and oxygen atoms in total. The summed E-state index contributed by atoms with van der Waals surface area (Å²) in [7, 11) is 1.31. The molecule has 0 radical (unpaired) electrons. The van der Waals surface area contributed by atoms with Crippen LogP contribution in [-0.2, 0) is 24.6 Å². The first-order valence-corrected chi connectivity index (χ1v) is 13.6. The van der Waals surface area contributed by atoms with E-state index in [1.807, 2.05) is 11.0 Å². The number of benzene rings is 2. The van der Waals surface area contributed by atoms with Crippen LogP contribution in [0.25, 0.3) is 16.7 Å². The molecule has 0 aliphatic carbocycles. The molecule has 0 fully saturated rings. The molecule has 3 aromatic heterocycles. The van der Waals surface area contributed by atoms with Crippen molar-refractivity contribution in [1.29, 1.82) is 0 Å². The van der Waals surface area contributed by atoms with Gasteiger partial charge in [0.25, 0.3) is 11.7 Å². The number of nitrogens with zero attached hydrogens (tertiary/aromatic N) is 7. The summed E-state index contributed by atoms with van der Waals surface area (Å²) in [5, 5.41) is 14.5. The number of amides is 1. The molecule has 0 spiro atoms. The van der Waals surface area contributed by atoms with E-state index in [2.05, 4.69) is 32.5 Å². The number of halogens is 4. The van der Waals surface area contributed by atoms with Crippen LogP contribution in [0.2, 0.25) is 0 Å². The summed E-state index contributed by atoms with van der Waals surface area (Å²) in [6.45, 7) is 5.80. The normalized spacial score (nSPS) is 13.9. The summed E-state index contributed by atoms with van der Waals surface area (Å²) in [6, 6.07) is 10.2. The highest BCUT2D eigenvalue weighted by Crippen LogP contribution is 2.37. The minimum Gasteiger partial charge on any atom is -0.375 e. The van der Waals surface area contributed by atoms with Crippen molar-refractivity contribution in [3.05, 3.63) is 76.6 Å². The molecule has 0 bridgehead atoms. The first-order valence-electron chi connectivity index (χ1n) is 13.6. The minimum absolute atomic E-state index is 0.195. The van der Waals surface area contributed by atoms with Crippen molar-refractivity contribution in [3.8, 4) is 11.8 Å². The summed E-state index contributed by atoms with van der Waals surface area (Å²) in [6.07, 6.45) is -3.78. The van der Waals surface area contributed by atoms with Gasteiger partial charge in [0.15, 0.2) is 5.69 Å². The smallest absolute Gasteiger partial charge is 0.375 e. The zero-order chi connectivity index (χ0) is 31.4. The Kier molecular flexibility index (Phi) is 7.00. The number of hydrogen-bond acceptors (Lipinski definition) is 7. The molecule has 1 aliphatic rings. The lowest BCUT2D eigenvalue weighted by Gasteiger charge is -2.25. The Bertz CT molecular complexity index is 2000. The lowest BCUT2D eigenvalue weighted by molar-refractivity contribution is -0.141. The van der Waals surface area contributed by atoms with Crippen molar-refractivity contribution >= 4 is 34.1 Å². The van der Waals surface area contributed by atoms with E-state index in [-0.39, 0.29) is 6.61 Å². The van der Waals surface area contributed by atoms with Crippen molar-refractivity contribution in [1.82, 2.24) is 34.7 Å². The molecule has 0 unspecified atom stereocenters. The van der Waals surface area contributed by atoms with Crippen LogP contribution in [0.4, 0.5) is 29.1 Å². The highest BCUT2D eigenvalue weighted by Gasteiger charge is 2.39. The molecule has 0 atom stereocenters. The molecule has 2 aromatic carbocycles. The van der Waals surface area contributed by atoms with Gasteiger partial charge in [-0.3, -0.25) is 13.9 Å². The van der Waals surface area contributed by atoms with Gasteiger partial charge in [0.1, 0.15) is 17.5 Å². The molecule has 0 saturated heterocycles. The van der Waals surface area contributed by atoms with Crippen molar-refractivity contribution < 1.29 is 27.1 Å². The number of hydrogen-bond donors (Lipinski definition) is 1. The van der Waals surface area contributed by atoms with Gasteiger partial charge < -0.3 is 15.0 Å². The Balaban J connectivity index is 1.38.